The molecular weight excluding hydrogens is 532 g/mol. The van der Waals surface area contributed by atoms with Gasteiger partial charge in [0.2, 0.25) is 0 Å². The van der Waals surface area contributed by atoms with Crippen molar-refractivity contribution < 1.29 is 39.2 Å². The second kappa shape index (κ2) is 9.83. The largest absolute Gasteiger partial charge is 0.399 e. The van der Waals surface area contributed by atoms with E-state index in [2.05, 4.69) is 5.32 Å². The maximum Gasteiger partial charge on any atom is 0.295 e. The van der Waals surface area contributed by atoms with Gasteiger partial charge < -0.3 is 11.1 Å². The molecule has 0 saturated carbocycles. The van der Waals surface area contributed by atoms with Gasteiger partial charge in [-0.2, -0.15) is 16.8 Å². The Morgan fingerprint density at radius 2 is 1.28 bits per heavy atom. The molecule has 0 spiro atoms. The number of rotatable bonds is 7. The van der Waals surface area contributed by atoms with Gasteiger partial charge in [-0.25, -0.2) is 8.42 Å². The summed E-state index contributed by atoms with van der Waals surface area (Å²) in [6.07, 6.45) is 3.42. The van der Waals surface area contributed by atoms with Crippen LogP contribution in [0.5, 0.6) is 0 Å². The molecule has 0 aliphatic heterocycles. The van der Waals surface area contributed by atoms with Crippen molar-refractivity contribution in [2.75, 3.05) is 17.3 Å². The van der Waals surface area contributed by atoms with E-state index in [9.17, 15) is 39.2 Å². The number of sulfone groups is 1. The van der Waals surface area contributed by atoms with E-state index in [4.69, 9.17) is 5.73 Å². The summed E-state index contributed by atoms with van der Waals surface area (Å²) in [5.74, 6) is -0.667. The van der Waals surface area contributed by atoms with Crippen LogP contribution in [0.3, 0.4) is 0 Å². The predicted octanol–water partition coefficient (Wildman–Crippen LogP) is 2.59. The number of carbonyl (C=O) groups is 1. The normalized spacial score (nSPS) is 12.5. The minimum atomic E-state index is -4.78. The molecule has 3 rings (SSSR count). The van der Waals surface area contributed by atoms with Crippen molar-refractivity contribution in [3.63, 3.8) is 0 Å². The van der Waals surface area contributed by atoms with Crippen molar-refractivity contribution in [3.05, 3.63) is 77.4 Å². The van der Waals surface area contributed by atoms with E-state index in [0.29, 0.717) is 0 Å². The van der Waals surface area contributed by atoms with Gasteiger partial charge in [-0.15, -0.1) is 0 Å². The van der Waals surface area contributed by atoms with Crippen molar-refractivity contribution in [1.29, 1.82) is 0 Å². The maximum absolute atomic E-state index is 12.5. The highest BCUT2D eigenvalue weighted by Crippen LogP contribution is 2.26. The predicted molar refractivity (Wildman–Crippen MR) is 133 cm³/mol. The van der Waals surface area contributed by atoms with Crippen LogP contribution < -0.4 is 11.1 Å². The van der Waals surface area contributed by atoms with Gasteiger partial charge in [0, 0.05) is 23.2 Å². The molecule has 0 fully saturated rings. The fraction of sp³-hybridized carbons (Fsp3) is 0.0455. The van der Waals surface area contributed by atoms with E-state index in [-0.39, 0.29) is 33.0 Å². The summed E-state index contributed by atoms with van der Waals surface area (Å²) < 4.78 is 89.4. The molecule has 0 aliphatic carbocycles. The topological polar surface area (TPSA) is 198 Å². The summed E-state index contributed by atoms with van der Waals surface area (Å²) in [6.45, 7) is 0. The van der Waals surface area contributed by atoms with Crippen LogP contribution in [0.2, 0.25) is 0 Å². The summed E-state index contributed by atoms with van der Waals surface area (Å²) in [6, 6.07) is 12.3. The van der Waals surface area contributed by atoms with Gasteiger partial charge in [0.15, 0.2) is 9.84 Å². The van der Waals surface area contributed by atoms with E-state index in [1.807, 2.05) is 0 Å². The molecule has 11 nitrogen and oxygen atoms in total. The van der Waals surface area contributed by atoms with Gasteiger partial charge in [0.05, 0.1) is 4.90 Å². The average Bonchev–Trinajstić information content (AvgIpc) is 2.77. The van der Waals surface area contributed by atoms with Crippen LogP contribution in [0, 0.1) is 0 Å². The zero-order chi connectivity index (χ0) is 26.9. The molecule has 3 aromatic rings. The molecule has 3 aromatic carbocycles. The molecule has 36 heavy (non-hydrogen) atoms. The highest BCUT2D eigenvalue weighted by molar-refractivity contribution is 7.90. The third-order valence-corrected chi connectivity index (χ3v) is 7.80. The third-order valence-electron chi connectivity index (χ3n) is 4.85. The summed E-state index contributed by atoms with van der Waals surface area (Å²) in [7, 11) is -12.9. The third kappa shape index (κ3) is 6.56. The first-order valence-electron chi connectivity index (χ1n) is 9.84. The molecule has 0 heterocycles. The van der Waals surface area contributed by atoms with Crippen LogP contribution in [-0.4, -0.2) is 46.5 Å². The SMILES string of the molecule is CS(=O)(=O)c1ccc(C(=O)Nc2ccc(/C=C/c3ccc(N)cc3S(=O)(=O)O)c(S(=O)(=O)O)c2)cc1. The quantitative estimate of drug-likeness (QED) is 0.192. The van der Waals surface area contributed by atoms with Crippen molar-refractivity contribution in [2.45, 2.75) is 14.7 Å². The maximum atomic E-state index is 12.5. The lowest BCUT2D eigenvalue weighted by molar-refractivity contribution is 0.102. The van der Waals surface area contributed by atoms with Gasteiger partial charge in [-0.3, -0.25) is 13.9 Å². The second-order valence-electron chi connectivity index (χ2n) is 7.58. The summed E-state index contributed by atoms with van der Waals surface area (Å²) in [4.78, 5) is 11.4. The van der Waals surface area contributed by atoms with E-state index in [1.165, 1.54) is 60.7 Å². The van der Waals surface area contributed by atoms with Crippen LogP contribution in [0.25, 0.3) is 12.2 Å². The van der Waals surface area contributed by atoms with Crippen LogP contribution in [-0.2, 0) is 30.1 Å². The molecule has 0 unspecified atom stereocenters. The number of benzene rings is 3. The molecule has 0 aliphatic rings. The Morgan fingerprint density at radius 3 is 1.78 bits per heavy atom. The lowest BCUT2D eigenvalue weighted by atomic mass is 10.1. The number of hydrogen-bond acceptors (Lipinski definition) is 8. The Labute approximate surface area is 207 Å². The Balaban J connectivity index is 1.95. The molecule has 190 valence electrons. The average molecular weight is 553 g/mol. The number of nitrogen functional groups attached to an aromatic ring is 1. The van der Waals surface area contributed by atoms with Gasteiger partial charge >= 0.3 is 0 Å². The van der Waals surface area contributed by atoms with Crippen LogP contribution in [0.1, 0.15) is 21.5 Å². The lowest BCUT2D eigenvalue weighted by Crippen LogP contribution is -2.13. The van der Waals surface area contributed by atoms with Crippen LogP contribution >= 0.6 is 0 Å². The van der Waals surface area contributed by atoms with Crippen molar-refractivity contribution in [3.8, 4) is 0 Å². The van der Waals surface area contributed by atoms with E-state index in [1.54, 1.807) is 0 Å². The first-order chi connectivity index (χ1) is 16.6. The number of amides is 1. The molecule has 1 amide bonds. The molecule has 0 bridgehead atoms. The fourth-order valence-electron chi connectivity index (χ4n) is 3.12. The standard InChI is InChI=1S/C22H20N2O9S3/c1-34(26,27)19-10-6-16(7-11-19)22(25)24-18-9-5-15(21(13-18)36(31,32)33)3-2-14-4-8-17(23)12-20(14)35(28,29)30/h2-13H,23H2,1H3,(H,24,25)(H,28,29,30)(H,31,32,33)/b3-2+. The summed E-state index contributed by atoms with van der Waals surface area (Å²) in [5.41, 5.74) is 5.69. The molecule has 5 N–H and O–H groups in total. The first kappa shape index (κ1) is 27.0. The summed E-state index contributed by atoms with van der Waals surface area (Å²) >= 11 is 0. The molecule has 0 radical (unpaired) electrons. The number of anilines is 2. The number of carbonyl (C=O) groups excluding carboxylic acids is 1. The fourth-order valence-corrected chi connectivity index (χ4v) is 5.18. The zero-order valence-corrected chi connectivity index (χ0v) is 20.9. The highest BCUT2D eigenvalue weighted by atomic mass is 32.2. The minimum Gasteiger partial charge on any atom is -0.399 e. The Hall–Kier alpha value is -3.56. The van der Waals surface area contributed by atoms with E-state index >= 15 is 0 Å². The molecular formula is C22H20N2O9S3. The lowest BCUT2D eigenvalue weighted by Gasteiger charge is -2.10. The van der Waals surface area contributed by atoms with Crippen LogP contribution in [0.4, 0.5) is 11.4 Å². The second-order valence-corrected chi connectivity index (χ2v) is 12.4. The highest BCUT2D eigenvalue weighted by Gasteiger charge is 2.18. The number of nitrogens with one attached hydrogen (secondary N) is 1. The Morgan fingerprint density at radius 1 is 0.778 bits per heavy atom. The van der Waals surface area contributed by atoms with Gasteiger partial charge in [0.25, 0.3) is 26.1 Å². The zero-order valence-electron chi connectivity index (χ0n) is 18.5. The van der Waals surface area contributed by atoms with E-state index < -0.39 is 45.8 Å². The minimum absolute atomic E-state index is 0.00269. The summed E-state index contributed by atoms with van der Waals surface area (Å²) in [5, 5.41) is 2.45. The number of nitrogens with two attached hydrogens (primary N) is 1. The molecule has 14 heteroatoms. The van der Waals surface area contributed by atoms with Gasteiger partial charge in [0.1, 0.15) is 9.79 Å². The smallest absolute Gasteiger partial charge is 0.295 e. The van der Waals surface area contributed by atoms with Crippen LogP contribution in [0.15, 0.2) is 75.4 Å². The van der Waals surface area contributed by atoms with Crippen molar-refractivity contribution in [2.24, 2.45) is 0 Å². The first-order valence-corrected chi connectivity index (χ1v) is 14.6. The van der Waals surface area contributed by atoms with Gasteiger partial charge in [-0.05, 0) is 59.7 Å². The molecule has 0 aromatic heterocycles. The molecule has 0 atom stereocenters. The van der Waals surface area contributed by atoms with Crippen molar-refractivity contribution >= 4 is 59.5 Å². The number of hydrogen-bond donors (Lipinski definition) is 4. The Bertz CT molecular complexity index is 1690. The Kier molecular flexibility index (Phi) is 7.38. The monoisotopic (exact) mass is 552 g/mol. The van der Waals surface area contributed by atoms with Crippen molar-refractivity contribution in [1.82, 2.24) is 0 Å². The molecule has 0 saturated heterocycles. The van der Waals surface area contributed by atoms with E-state index in [0.717, 1.165) is 18.4 Å². The van der Waals surface area contributed by atoms with Gasteiger partial charge in [-0.1, -0.05) is 24.3 Å².